The number of halogens is 2. The second kappa shape index (κ2) is 6.91. The summed E-state index contributed by atoms with van der Waals surface area (Å²) in [4.78, 5) is 14.6. The van der Waals surface area contributed by atoms with Gasteiger partial charge in [-0.05, 0) is 38.0 Å². The molecule has 0 saturated heterocycles. The van der Waals surface area contributed by atoms with Crippen molar-refractivity contribution in [2.45, 2.75) is 57.5 Å². The first-order chi connectivity index (χ1) is 12.5. The number of benzene rings is 1. The number of H-pyrrole nitrogens is 1. The third kappa shape index (κ3) is 3.18. The summed E-state index contributed by atoms with van der Waals surface area (Å²) in [6.07, 6.45) is 5.60. The predicted molar refractivity (Wildman–Crippen MR) is 98.9 cm³/mol. The number of carbonyl (C=O) groups excluding carboxylic acids is 1. The monoisotopic (exact) mass is 376 g/mol. The Hall–Kier alpha value is -2.08. The smallest absolute Gasteiger partial charge is 0.317 e. The standard InChI is InChI=1S/C19H22ClFN4O/c1-11-8-17-14(18(24-23-17)12-4-2-3-5-12)10-25(11)19(26)22-13-6-7-16(21)15(20)9-13/h6-7,9,11-12H,2-5,8,10H2,1H3,(H,22,26)(H,23,24)/t11-/m1/s1. The number of nitrogens with one attached hydrogen (secondary N) is 2. The van der Waals surface area contributed by atoms with Gasteiger partial charge in [0.05, 0.1) is 17.3 Å². The van der Waals surface area contributed by atoms with Crippen molar-refractivity contribution < 1.29 is 9.18 Å². The summed E-state index contributed by atoms with van der Waals surface area (Å²) in [7, 11) is 0. The molecule has 138 valence electrons. The Balaban J connectivity index is 1.53. The Bertz CT molecular complexity index is 831. The molecule has 7 heteroatoms. The number of aromatic nitrogens is 2. The number of nitrogens with zero attached hydrogens (tertiary/aromatic N) is 2. The van der Waals surface area contributed by atoms with E-state index < -0.39 is 5.82 Å². The average Bonchev–Trinajstić information content (AvgIpc) is 3.26. The van der Waals surface area contributed by atoms with Crippen LogP contribution < -0.4 is 5.32 Å². The van der Waals surface area contributed by atoms with Gasteiger partial charge in [0.2, 0.25) is 0 Å². The molecule has 5 nitrogen and oxygen atoms in total. The van der Waals surface area contributed by atoms with Crippen LogP contribution in [0.1, 0.15) is 55.5 Å². The molecule has 2 heterocycles. The van der Waals surface area contributed by atoms with Gasteiger partial charge >= 0.3 is 6.03 Å². The number of hydrogen-bond donors (Lipinski definition) is 2. The van der Waals surface area contributed by atoms with Crippen LogP contribution in [0.5, 0.6) is 0 Å². The van der Waals surface area contributed by atoms with Crippen LogP contribution in [0.3, 0.4) is 0 Å². The molecular formula is C19H22ClFN4O. The van der Waals surface area contributed by atoms with E-state index in [1.54, 1.807) is 0 Å². The van der Waals surface area contributed by atoms with Crippen molar-refractivity contribution >= 4 is 23.3 Å². The van der Waals surface area contributed by atoms with Crippen molar-refractivity contribution in [2.75, 3.05) is 5.32 Å². The topological polar surface area (TPSA) is 61.0 Å². The number of hydrogen-bond acceptors (Lipinski definition) is 2. The maximum Gasteiger partial charge on any atom is 0.322 e. The molecule has 1 atom stereocenters. The van der Waals surface area contributed by atoms with Crippen molar-refractivity contribution in [3.8, 4) is 0 Å². The zero-order valence-corrected chi connectivity index (χ0v) is 15.4. The molecule has 26 heavy (non-hydrogen) atoms. The molecule has 0 unspecified atom stereocenters. The van der Waals surface area contributed by atoms with Crippen LogP contribution in [0.4, 0.5) is 14.9 Å². The van der Waals surface area contributed by atoms with Gasteiger partial charge in [0.25, 0.3) is 0 Å². The van der Waals surface area contributed by atoms with Crippen molar-refractivity contribution in [1.29, 1.82) is 0 Å². The number of aromatic amines is 1. The van der Waals surface area contributed by atoms with Gasteiger partial charge in [-0.15, -0.1) is 0 Å². The molecule has 1 aliphatic heterocycles. The summed E-state index contributed by atoms with van der Waals surface area (Å²) in [6.45, 7) is 2.57. The van der Waals surface area contributed by atoms with Crippen molar-refractivity contribution in [3.05, 3.63) is 46.0 Å². The fraction of sp³-hybridized carbons (Fsp3) is 0.474. The summed E-state index contributed by atoms with van der Waals surface area (Å²) >= 11 is 5.81. The Morgan fingerprint density at radius 3 is 2.88 bits per heavy atom. The van der Waals surface area contributed by atoms with Gasteiger partial charge in [-0.3, -0.25) is 5.10 Å². The van der Waals surface area contributed by atoms with Crippen LogP contribution in [0.25, 0.3) is 0 Å². The van der Waals surface area contributed by atoms with Crippen molar-refractivity contribution in [1.82, 2.24) is 15.1 Å². The molecule has 1 aromatic heterocycles. The van der Waals surface area contributed by atoms with Gasteiger partial charge < -0.3 is 10.2 Å². The molecule has 1 aliphatic carbocycles. The lowest BCUT2D eigenvalue weighted by Gasteiger charge is -2.33. The van der Waals surface area contributed by atoms with Gasteiger partial charge in [0, 0.05) is 35.3 Å². The van der Waals surface area contributed by atoms with Gasteiger partial charge in [-0.1, -0.05) is 24.4 Å². The maximum absolute atomic E-state index is 13.3. The van der Waals surface area contributed by atoms with Crippen molar-refractivity contribution in [2.24, 2.45) is 0 Å². The second-order valence-corrected chi connectivity index (χ2v) is 7.69. The molecule has 2 amide bonds. The molecule has 2 aromatic rings. The van der Waals surface area contributed by atoms with E-state index in [9.17, 15) is 9.18 Å². The third-order valence-electron chi connectivity index (χ3n) is 5.52. The minimum absolute atomic E-state index is 0.00451. The van der Waals surface area contributed by atoms with Crippen LogP contribution in [0, 0.1) is 5.82 Å². The van der Waals surface area contributed by atoms with E-state index in [1.165, 1.54) is 49.4 Å². The summed E-state index contributed by atoms with van der Waals surface area (Å²) in [5.41, 5.74) is 3.94. The molecule has 0 bridgehead atoms. The number of amides is 2. The van der Waals surface area contributed by atoms with E-state index in [1.807, 2.05) is 11.8 Å². The minimum atomic E-state index is -0.500. The third-order valence-corrected chi connectivity index (χ3v) is 5.81. The van der Waals surface area contributed by atoms with Crippen LogP contribution in [-0.4, -0.2) is 27.2 Å². The Kier molecular flexibility index (Phi) is 4.61. The van der Waals surface area contributed by atoms with E-state index in [2.05, 4.69) is 15.5 Å². The lowest BCUT2D eigenvalue weighted by Crippen LogP contribution is -2.45. The minimum Gasteiger partial charge on any atom is -0.317 e. The quantitative estimate of drug-likeness (QED) is 0.787. The van der Waals surface area contributed by atoms with Crippen LogP contribution in [-0.2, 0) is 13.0 Å². The molecule has 2 aliphatic rings. The summed E-state index contributed by atoms with van der Waals surface area (Å²) in [5, 5.41) is 10.6. The van der Waals surface area contributed by atoms with Gasteiger partial charge in [-0.25, -0.2) is 9.18 Å². The lowest BCUT2D eigenvalue weighted by atomic mass is 9.94. The van der Waals surface area contributed by atoms with Crippen LogP contribution in [0.2, 0.25) is 5.02 Å². The zero-order chi connectivity index (χ0) is 18.3. The first kappa shape index (κ1) is 17.3. The largest absolute Gasteiger partial charge is 0.322 e. The van der Waals surface area contributed by atoms with Crippen LogP contribution in [0.15, 0.2) is 18.2 Å². The highest BCUT2D eigenvalue weighted by Gasteiger charge is 2.33. The van der Waals surface area contributed by atoms with E-state index in [0.717, 1.165) is 17.8 Å². The Morgan fingerprint density at radius 1 is 1.38 bits per heavy atom. The predicted octanol–water partition coefficient (Wildman–Crippen LogP) is 4.84. The molecule has 2 N–H and O–H groups in total. The van der Waals surface area contributed by atoms with E-state index >= 15 is 0 Å². The number of rotatable bonds is 2. The van der Waals surface area contributed by atoms with Gasteiger partial charge in [0.15, 0.2) is 0 Å². The summed E-state index contributed by atoms with van der Waals surface area (Å²) < 4.78 is 13.3. The fourth-order valence-electron chi connectivity index (χ4n) is 4.07. The maximum atomic E-state index is 13.3. The van der Waals surface area contributed by atoms with E-state index in [4.69, 9.17) is 11.6 Å². The normalized spacial score (nSPS) is 20.3. The Labute approximate surface area is 156 Å². The number of anilines is 1. The number of fused-ring (bicyclic) bond motifs is 1. The second-order valence-electron chi connectivity index (χ2n) is 7.29. The van der Waals surface area contributed by atoms with E-state index in [-0.39, 0.29) is 17.1 Å². The zero-order valence-electron chi connectivity index (χ0n) is 14.7. The SMILES string of the molecule is C[C@@H]1Cc2[nH]nc(C3CCCC3)c2CN1C(=O)Nc1ccc(F)c(Cl)c1. The van der Waals surface area contributed by atoms with Crippen LogP contribution >= 0.6 is 11.6 Å². The highest BCUT2D eigenvalue weighted by atomic mass is 35.5. The van der Waals surface area contributed by atoms with E-state index in [0.29, 0.717) is 18.2 Å². The lowest BCUT2D eigenvalue weighted by molar-refractivity contribution is 0.181. The molecule has 1 fully saturated rings. The molecule has 4 rings (SSSR count). The summed E-state index contributed by atoms with van der Waals surface area (Å²) in [5.74, 6) is 0.00414. The number of carbonyl (C=O) groups is 1. The molecule has 0 spiro atoms. The summed E-state index contributed by atoms with van der Waals surface area (Å²) in [6, 6.07) is 4.04. The molecule has 0 radical (unpaired) electrons. The first-order valence-corrected chi connectivity index (χ1v) is 9.49. The highest BCUT2D eigenvalue weighted by Crippen LogP contribution is 2.37. The molecular weight excluding hydrogens is 355 g/mol. The Morgan fingerprint density at radius 2 is 2.15 bits per heavy atom. The average molecular weight is 377 g/mol. The molecule has 1 saturated carbocycles. The fourth-order valence-corrected chi connectivity index (χ4v) is 4.25. The van der Waals surface area contributed by atoms with Gasteiger partial charge in [0.1, 0.15) is 5.82 Å². The highest BCUT2D eigenvalue weighted by molar-refractivity contribution is 6.31. The molecule has 1 aromatic carbocycles. The first-order valence-electron chi connectivity index (χ1n) is 9.11. The van der Waals surface area contributed by atoms with Gasteiger partial charge in [-0.2, -0.15) is 5.10 Å². The van der Waals surface area contributed by atoms with Crippen molar-refractivity contribution in [3.63, 3.8) is 0 Å². The number of urea groups is 1.